The fraction of sp³-hybridized carbons (Fsp3) is 1.00. The summed E-state index contributed by atoms with van der Waals surface area (Å²) in [5.41, 5.74) is 0. The Hall–Kier alpha value is -0.160. The number of aliphatic hydroxyl groups is 2. The van der Waals surface area contributed by atoms with Crippen LogP contribution >= 0.6 is 0 Å². The van der Waals surface area contributed by atoms with Gasteiger partial charge in [0.25, 0.3) is 0 Å². The van der Waals surface area contributed by atoms with Crippen LogP contribution in [-0.2, 0) is 4.74 Å². The minimum Gasteiger partial charge on any atom is -0.395 e. The van der Waals surface area contributed by atoms with E-state index in [0.29, 0.717) is 19.1 Å². The lowest BCUT2D eigenvalue weighted by Gasteiger charge is -2.26. The first kappa shape index (κ1) is 11.9. The molecule has 4 heteroatoms. The van der Waals surface area contributed by atoms with Crippen molar-refractivity contribution in [3.63, 3.8) is 0 Å². The molecule has 0 radical (unpaired) electrons. The van der Waals surface area contributed by atoms with Gasteiger partial charge in [-0.05, 0) is 18.9 Å². The van der Waals surface area contributed by atoms with Crippen LogP contribution in [-0.4, -0.2) is 60.7 Å². The summed E-state index contributed by atoms with van der Waals surface area (Å²) >= 11 is 0. The monoisotopic (exact) mass is 203 g/mol. The van der Waals surface area contributed by atoms with Crippen LogP contribution in [0.2, 0.25) is 0 Å². The summed E-state index contributed by atoms with van der Waals surface area (Å²) in [6, 6.07) is 0.210. The van der Waals surface area contributed by atoms with Crippen LogP contribution in [0.1, 0.15) is 13.3 Å². The standard InChI is InChI=1S/C10H21NO3/c1-8-3-4-11(10(8)6-12)5-9(13)7-14-2/h8-10,12-13H,3-7H2,1-2H3. The van der Waals surface area contributed by atoms with Gasteiger partial charge < -0.3 is 14.9 Å². The van der Waals surface area contributed by atoms with Crippen molar-refractivity contribution in [1.82, 2.24) is 4.90 Å². The third kappa shape index (κ3) is 2.92. The average Bonchev–Trinajstić information content (AvgIpc) is 2.47. The van der Waals surface area contributed by atoms with Gasteiger partial charge in [-0.3, -0.25) is 4.90 Å². The zero-order valence-electron chi connectivity index (χ0n) is 9.02. The second kappa shape index (κ2) is 5.66. The van der Waals surface area contributed by atoms with E-state index in [2.05, 4.69) is 11.8 Å². The SMILES string of the molecule is COCC(O)CN1CCC(C)C1CO. The highest BCUT2D eigenvalue weighted by atomic mass is 16.5. The van der Waals surface area contributed by atoms with E-state index < -0.39 is 6.10 Å². The van der Waals surface area contributed by atoms with Crippen molar-refractivity contribution in [3.8, 4) is 0 Å². The van der Waals surface area contributed by atoms with E-state index >= 15 is 0 Å². The maximum Gasteiger partial charge on any atom is 0.0900 e. The number of aliphatic hydroxyl groups excluding tert-OH is 2. The van der Waals surface area contributed by atoms with Crippen molar-refractivity contribution in [1.29, 1.82) is 0 Å². The minimum absolute atomic E-state index is 0.181. The van der Waals surface area contributed by atoms with E-state index in [9.17, 15) is 10.2 Å². The minimum atomic E-state index is -0.445. The number of hydrogen-bond acceptors (Lipinski definition) is 4. The molecule has 84 valence electrons. The lowest BCUT2D eigenvalue weighted by atomic mass is 10.0. The Morgan fingerprint density at radius 3 is 2.86 bits per heavy atom. The van der Waals surface area contributed by atoms with Crippen molar-refractivity contribution in [2.45, 2.75) is 25.5 Å². The van der Waals surface area contributed by atoms with E-state index in [1.54, 1.807) is 7.11 Å². The molecule has 3 atom stereocenters. The van der Waals surface area contributed by atoms with Crippen LogP contribution in [0.3, 0.4) is 0 Å². The van der Waals surface area contributed by atoms with Gasteiger partial charge in [0.2, 0.25) is 0 Å². The predicted molar refractivity (Wildman–Crippen MR) is 54.1 cm³/mol. The van der Waals surface area contributed by atoms with E-state index in [4.69, 9.17) is 4.74 Å². The largest absolute Gasteiger partial charge is 0.395 e. The van der Waals surface area contributed by atoms with Gasteiger partial charge in [-0.15, -0.1) is 0 Å². The van der Waals surface area contributed by atoms with Crippen LogP contribution in [0.4, 0.5) is 0 Å². The van der Waals surface area contributed by atoms with Gasteiger partial charge in [-0.25, -0.2) is 0 Å². The molecule has 1 fully saturated rings. The molecule has 14 heavy (non-hydrogen) atoms. The zero-order valence-corrected chi connectivity index (χ0v) is 9.02. The molecule has 1 heterocycles. The molecule has 2 N–H and O–H groups in total. The molecule has 1 aliphatic rings. The van der Waals surface area contributed by atoms with Crippen LogP contribution in [0.25, 0.3) is 0 Å². The Morgan fingerprint density at radius 1 is 1.57 bits per heavy atom. The topological polar surface area (TPSA) is 52.9 Å². The Balaban J connectivity index is 2.36. The van der Waals surface area contributed by atoms with Gasteiger partial charge in [0.05, 0.1) is 19.3 Å². The first-order chi connectivity index (χ1) is 6.69. The third-order valence-corrected chi connectivity index (χ3v) is 2.99. The first-order valence-corrected chi connectivity index (χ1v) is 5.21. The van der Waals surface area contributed by atoms with E-state index in [1.165, 1.54) is 0 Å². The van der Waals surface area contributed by atoms with Crippen LogP contribution < -0.4 is 0 Å². The van der Waals surface area contributed by atoms with Crippen molar-refractivity contribution < 1.29 is 14.9 Å². The summed E-state index contributed by atoms with van der Waals surface area (Å²) in [4.78, 5) is 2.15. The molecular weight excluding hydrogens is 182 g/mol. The fourth-order valence-electron chi connectivity index (χ4n) is 2.13. The van der Waals surface area contributed by atoms with Gasteiger partial charge in [0, 0.05) is 19.7 Å². The molecule has 0 saturated carbocycles. The number of nitrogens with zero attached hydrogens (tertiary/aromatic N) is 1. The van der Waals surface area contributed by atoms with Gasteiger partial charge in [-0.1, -0.05) is 6.92 Å². The maximum absolute atomic E-state index is 9.56. The van der Waals surface area contributed by atoms with E-state index in [-0.39, 0.29) is 12.6 Å². The maximum atomic E-state index is 9.56. The molecule has 1 aliphatic heterocycles. The van der Waals surface area contributed by atoms with Crippen LogP contribution in [0, 0.1) is 5.92 Å². The number of β-amino-alcohol motifs (C(OH)–C–C–N with tert-alkyl or cyclic N) is 1. The molecule has 0 bridgehead atoms. The Morgan fingerprint density at radius 2 is 2.29 bits per heavy atom. The average molecular weight is 203 g/mol. The highest BCUT2D eigenvalue weighted by Crippen LogP contribution is 2.23. The smallest absolute Gasteiger partial charge is 0.0900 e. The number of rotatable bonds is 5. The number of methoxy groups -OCH3 is 1. The van der Waals surface area contributed by atoms with Crippen LogP contribution in [0.15, 0.2) is 0 Å². The summed E-state index contributed by atoms with van der Waals surface area (Å²) in [6.45, 7) is 4.25. The van der Waals surface area contributed by atoms with Gasteiger partial charge in [0.15, 0.2) is 0 Å². The number of hydrogen-bond donors (Lipinski definition) is 2. The fourth-order valence-corrected chi connectivity index (χ4v) is 2.13. The number of likely N-dealkylation sites (tertiary alicyclic amines) is 1. The molecule has 0 aromatic rings. The first-order valence-electron chi connectivity index (χ1n) is 5.21. The van der Waals surface area contributed by atoms with Gasteiger partial charge in [0.1, 0.15) is 0 Å². The molecule has 4 nitrogen and oxygen atoms in total. The highest BCUT2D eigenvalue weighted by molar-refractivity contribution is 4.85. The summed E-state index contributed by atoms with van der Waals surface area (Å²) in [6.07, 6.45) is 0.657. The third-order valence-electron chi connectivity index (χ3n) is 2.99. The predicted octanol–water partition coefficient (Wildman–Crippen LogP) is -0.304. The van der Waals surface area contributed by atoms with Crippen LogP contribution in [0.5, 0.6) is 0 Å². The van der Waals surface area contributed by atoms with Gasteiger partial charge >= 0.3 is 0 Å². The Labute approximate surface area is 85.5 Å². The van der Waals surface area contributed by atoms with Gasteiger partial charge in [-0.2, -0.15) is 0 Å². The molecule has 0 aromatic carbocycles. The summed E-state index contributed by atoms with van der Waals surface area (Å²) in [5.74, 6) is 0.523. The Kier molecular flexibility index (Phi) is 4.81. The lowest BCUT2D eigenvalue weighted by molar-refractivity contribution is 0.0251. The summed E-state index contributed by atoms with van der Waals surface area (Å²) in [7, 11) is 1.58. The second-order valence-corrected chi connectivity index (χ2v) is 4.12. The molecule has 1 saturated heterocycles. The highest BCUT2D eigenvalue weighted by Gasteiger charge is 2.31. The zero-order chi connectivity index (χ0) is 10.6. The van der Waals surface area contributed by atoms with E-state index in [0.717, 1.165) is 13.0 Å². The van der Waals surface area contributed by atoms with Crippen molar-refractivity contribution >= 4 is 0 Å². The molecule has 3 unspecified atom stereocenters. The van der Waals surface area contributed by atoms with Crippen molar-refractivity contribution in [3.05, 3.63) is 0 Å². The normalized spacial score (nSPS) is 30.9. The molecule has 1 rings (SSSR count). The molecule has 0 aliphatic carbocycles. The van der Waals surface area contributed by atoms with E-state index in [1.807, 2.05) is 0 Å². The Bertz CT molecular complexity index is 165. The summed E-state index contributed by atoms with van der Waals surface area (Å²) < 4.78 is 4.87. The number of ether oxygens (including phenoxy) is 1. The lowest BCUT2D eigenvalue weighted by Crippen LogP contribution is -2.41. The molecule has 0 spiro atoms. The van der Waals surface area contributed by atoms with Crippen molar-refractivity contribution in [2.75, 3.05) is 33.4 Å². The van der Waals surface area contributed by atoms with Crippen molar-refractivity contribution in [2.24, 2.45) is 5.92 Å². The molecular formula is C10H21NO3. The molecule has 0 amide bonds. The molecule has 0 aromatic heterocycles. The summed E-state index contributed by atoms with van der Waals surface area (Å²) in [5, 5.41) is 18.8. The quantitative estimate of drug-likeness (QED) is 0.644. The second-order valence-electron chi connectivity index (χ2n) is 4.12.